The van der Waals surface area contributed by atoms with Gasteiger partial charge in [-0.3, -0.25) is 25.0 Å². The van der Waals surface area contributed by atoms with Crippen molar-refractivity contribution in [3.05, 3.63) is 73.3 Å². The van der Waals surface area contributed by atoms with Crippen molar-refractivity contribution in [3.8, 4) is 0 Å². The van der Waals surface area contributed by atoms with Gasteiger partial charge in [0.15, 0.2) is 0 Å². The van der Waals surface area contributed by atoms with Crippen molar-refractivity contribution in [1.82, 2.24) is 0 Å². The lowest BCUT2D eigenvalue weighted by Crippen LogP contribution is -2.14. The Morgan fingerprint density at radius 1 is 0.962 bits per heavy atom. The maximum absolute atomic E-state index is 12.4. The third-order valence-electron chi connectivity index (χ3n) is 3.49. The van der Waals surface area contributed by atoms with Crippen LogP contribution in [0.2, 0.25) is 0 Å². The lowest BCUT2D eigenvalue weighted by atomic mass is 10.1. The van der Waals surface area contributed by atoms with Crippen molar-refractivity contribution in [2.75, 3.05) is 12.4 Å². The van der Waals surface area contributed by atoms with Gasteiger partial charge in [0.05, 0.1) is 34.1 Å². The maximum atomic E-state index is 12.4. The molecule has 1 N–H and O–H groups in total. The van der Waals surface area contributed by atoms with Crippen LogP contribution in [-0.2, 0) is 4.74 Å². The molecule has 2 rings (SSSR count). The summed E-state index contributed by atoms with van der Waals surface area (Å²) in [6.45, 7) is 1.67. The van der Waals surface area contributed by atoms with E-state index in [9.17, 15) is 29.8 Å². The Kier molecular flexibility index (Phi) is 5.26. The molecule has 0 bridgehead atoms. The number of nitro groups is 2. The molecule has 0 heterocycles. The van der Waals surface area contributed by atoms with Crippen LogP contribution in [0.15, 0.2) is 36.4 Å². The summed E-state index contributed by atoms with van der Waals surface area (Å²) in [4.78, 5) is 44.2. The number of esters is 1. The smallest absolute Gasteiger partial charge is 0.337 e. The number of non-ortho nitro benzene ring substituents is 2. The first kappa shape index (κ1) is 18.5. The normalized spacial score (nSPS) is 10.1. The van der Waals surface area contributed by atoms with E-state index >= 15 is 0 Å². The number of methoxy groups -OCH3 is 1. The standard InChI is InChI=1S/C16H13N3O7/c1-9-3-4-10(16(21)26-2)7-14(9)17-15(20)11-5-12(18(22)23)8-13(6-11)19(24)25/h3-8H,1-2H3,(H,17,20). The Bertz CT molecular complexity index is 892. The molecule has 0 fully saturated rings. The molecule has 1 amide bonds. The zero-order chi connectivity index (χ0) is 19.4. The number of ether oxygens (including phenoxy) is 1. The van der Waals surface area contributed by atoms with Gasteiger partial charge in [0.2, 0.25) is 0 Å². The van der Waals surface area contributed by atoms with Gasteiger partial charge < -0.3 is 10.1 Å². The van der Waals surface area contributed by atoms with E-state index in [-0.39, 0.29) is 16.8 Å². The number of hydrogen-bond donors (Lipinski definition) is 1. The number of nitro benzene ring substituents is 2. The van der Waals surface area contributed by atoms with Crippen LogP contribution >= 0.6 is 0 Å². The summed E-state index contributed by atoms with van der Waals surface area (Å²) in [7, 11) is 1.21. The van der Waals surface area contributed by atoms with Crippen LogP contribution in [0.25, 0.3) is 0 Å². The molecule has 0 aromatic heterocycles. The molecule has 10 nitrogen and oxygen atoms in total. The van der Waals surface area contributed by atoms with E-state index in [1.165, 1.54) is 19.2 Å². The topological polar surface area (TPSA) is 142 Å². The summed E-state index contributed by atoms with van der Waals surface area (Å²) in [6, 6.07) is 7.10. The van der Waals surface area contributed by atoms with E-state index in [0.29, 0.717) is 5.56 Å². The zero-order valence-corrected chi connectivity index (χ0v) is 13.7. The number of nitrogens with one attached hydrogen (secondary N) is 1. The number of anilines is 1. The monoisotopic (exact) mass is 359 g/mol. The minimum Gasteiger partial charge on any atom is -0.465 e. The Labute approximate surface area is 146 Å². The van der Waals surface area contributed by atoms with Gasteiger partial charge in [0.1, 0.15) is 0 Å². The second-order valence-electron chi connectivity index (χ2n) is 5.23. The van der Waals surface area contributed by atoms with Gasteiger partial charge in [0.25, 0.3) is 17.3 Å². The zero-order valence-electron chi connectivity index (χ0n) is 13.7. The second-order valence-corrected chi connectivity index (χ2v) is 5.23. The molecular weight excluding hydrogens is 346 g/mol. The fourth-order valence-corrected chi connectivity index (χ4v) is 2.13. The van der Waals surface area contributed by atoms with E-state index in [2.05, 4.69) is 10.1 Å². The first-order chi connectivity index (χ1) is 12.2. The SMILES string of the molecule is COC(=O)c1ccc(C)c(NC(=O)c2cc([N+](=O)[O-])cc([N+](=O)[O-])c2)c1. The van der Waals surface area contributed by atoms with Gasteiger partial charge in [-0.2, -0.15) is 0 Å². The van der Waals surface area contributed by atoms with Gasteiger partial charge in [-0.05, 0) is 24.6 Å². The van der Waals surface area contributed by atoms with Gasteiger partial charge in [-0.15, -0.1) is 0 Å². The number of rotatable bonds is 5. The van der Waals surface area contributed by atoms with Crippen LogP contribution in [-0.4, -0.2) is 28.8 Å². The third-order valence-corrected chi connectivity index (χ3v) is 3.49. The number of carbonyl (C=O) groups is 2. The third kappa shape index (κ3) is 3.98. The number of hydrogen-bond acceptors (Lipinski definition) is 7. The van der Waals surface area contributed by atoms with Crippen LogP contribution < -0.4 is 5.32 Å². The fourth-order valence-electron chi connectivity index (χ4n) is 2.13. The van der Waals surface area contributed by atoms with Crippen molar-refractivity contribution < 1.29 is 24.2 Å². The number of aryl methyl sites for hydroxylation is 1. The van der Waals surface area contributed by atoms with Gasteiger partial charge in [-0.25, -0.2) is 4.79 Å². The summed E-state index contributed by atoms with van der Waals surface area (Å²) in [5.74, 6) is -1.39. The molecule has 26 heavy (non-hydrogen) atoms. The lowest BCUT2D eigenvalue weighted by molar-refractivity contribution is -0.394. The number of nitrogens with zero attached hydrogens (tertiary/aromatic N) is 2. The summed E-state index contributed by atoms with van der Waals surface area (Å²) in [5, 5.41) is 24.3. The maximum Gasteiger partial charge on any atom is 0.337 e. The average Bonchev–Trinajstić information content (AvgIpc) is 2.62. The first-order valence-corrected chi connectivity index (χ1v) is 7.17. The van der Waals surface area contributed by atoms with Crippen LogP contribution in [0.3, 0.4) is 0 Å². The summed E-state index contributed by atoms with van der Waals surface area (Å²) in [6.07, 6.45) is 0. The highest BCUT2D eigenvalue weighted by atomic mass is 16.6. The highest BCUT2D eigenvalue weighted by Crippen LogP contribution is 2.24. The number of amides is 1. The van der Waals surface area contributed by atoms with Gasteiger partial charge >= 0.3 is 5.97 Å². The Hall–Kier alpha value is -3.82. The Morgan fingerprint density at radius 2 is 1.54 bits per heavy atom. The predicted octanol–water partition coefficient (Wildman–Crippen LogP) is 2.85. The molecule has 0 atom stereocenters. The molecule has 0 aliphatic heterocycles. The minimum atomic E-state index is -0.826. The molecule has 0 saturated heterocycles. The quantitative estimate of drug-likeness (QED) is 0.491. The minimum absolute atomic E-state index is 0.193. The van der Waals surface area contributed by atoms with E-state index in [1.54, 1.807) is 13.0 Å². The highest BCUT2D eigenvalue weighted by molar-refractivity contribution is 6.06. The molecule has 2 aromatic carbocycles. The first-order valence-electron chi connectivity index (χ1n) is 7.17. The summed E-state index contributed by atoms with van der Waals surface area (Å²) >= 11 is 0. The molecule has 0 aliphatic carbocycles. The molecule has 0 aliphatic rings. The lowest BCUT2D eigenvalue weighted by Gasteiger charge is -2.10. The number of benzene rings is 2. The molecule has 0 unspecified atom stereocenters. The van der Waals surface area contributed by atoms with E-state index in [4.69, 9.17) is 0 Å². The van der Waals surface area contributed by atoms with Gasteiger partial charge in [-0.1, -0.05) is 6.07 Å². The van der Waals surface area contributed by atoms with Crippen molar-refractivity contribution in [2.24, 2.45) is 0 Å². The van der Waals surface area contributed by atoms with Crippen LogP contribution in [0, 0.1) is 27.2 Å². The van der Waals surface area contributed by atoms with Crippen LogP contribution in [0.4, 0.5) is 17.1 Å². The molecule has 10 heteroatoms. The van der Waals surface area contributed by atoms with E-state index in [0.717, 1.165) is 18.2 Å². The molecule has 0 spiro atoms. The van der Waals surface area contributed by atoms with Crippen molar-refractivity contribution in [2.45, 2.75) is 6.92 Å². The number of carbonyl (C=O) groups excluding carboxylic acids is 2. The van der Waals surface area contributed by atoms with Gasteiger partial charge in [0, 0.05) is 17.8 Å². The summed E-state index contributed by atoms with van der Waals surface area (Å²) < 4.78 is 4.60. The average molecular weight is 359 g/mol. The fraction of sp³-hybridized carbons (Fsp3) is 0.125. The molecular formula is C16H13N3O7. The Balaban J connectivity index is 2.40. The second kappa shape index (κ2) is 7.38. The van der Waals surface area contributed by atoms with E-state index in [1.807, 2.05) is 0 Å². The van der Waals surface area contributed by atoms with E-state index < -0.39 is 33.1 Å². The highest BCUT2D eigenvalue weighted by Gasteiger charge is 2.20. The predicted molar refractivity (Wildman–Crippen MR) is 90.2 cm³/mol. The molecule has 134 valence electrons. The van der Waals surface area contributed by atoms with Crippen LogP contribution in [0.1, 0.15) is 26.3 Å². The van der Waals surface area contributed by atoms with Crippen molar-refractivity contribution in [1.29, 1.82) is 0 Å². The molecule has 0 radical (unpaired) electrons. The summed E-state index contributed by atoms with van der Waals surface area (Å²) in [5.41, 5.74) is -0.334. The largest absolute Gasteiger partial charge is 0.465 e. The Morgan fingerprint density at radius 3 is 2.04 bits per heavy atom. The molecule has 0 saturated carbocycles. The van der Waals surface area contributed by atoms with Crippen molar-refractivity contribution >= 4 is 28.9 Å². The molecule has 2 aromatic rings. The van der Waals surface area contributed by atoms with Crippen LogP contribution in [0.5, 0.6) is 0 Å². The van der Waals surface area contributed by atoms with Crippen molar-refractivity contribution in [3.63, 3.8) is 0 Å².